The van der Waals surface area contributed by atoms with Crippen LogP contribution in [-0.4, -0.2) is 18.5 Å². The molecule has 17 heavy (non-hydrogen) atoms. The number of carbonyl (C=O) groups excluding carboxylic acids is 1. The molecule has 1 heterocycles. The van der Waals surface area contributed by atoms with Crippen molar-refractivity contribution in [3.8, 4) is 0 Å². The number of piperidine rings is 1. The van der Waals surface area contributed by atoms with Gasteiger partial charge in [0.2, 0.25) is 5.91 Å². The second kappa shape index (κ2) is 6.84. The van der Waals surface area contributed by atoms with Crippen molar-refractivity contribution in [3.05, 3.63) is 29.3 Å². The molecule has 0 spiro atoms. The van der Waals surface area contributed by atoms with Crippen LogP contribution in [-0.2, 0) is 4.79 Å². The normalized spacial score (nSPS) is 19.2. The van der Waals surface area contributed by atoms with E-state index in [1.54, 1.807) is 12.1 Å². The molecule has 0 saturated carbocycles. The van der Waals surface area contributed by atoms with Gasteiger partial charge in [-0.3, -0.25) is 4.79 Å². The number of nitrogens with one attached hydrogen (secondary N) is 2. The van der Waals surface area contributed by atoms with E-state index < -0.39 is 0 Å². The summed E-state index contributed by atoms with van der Waals surface area (Å²) >= 11 is 5.85. The molecule has 0 bridgehead atoms. The van der Waals surface area contributed by atoms with Crippen molar-refractivity contribution in [2.24, 2.45) is 0 Å². The fraction of sp³-hybridized carbons (Fsp3) is 0.417. The minimum absolute atomic E-state index is 0. The Labute approximate surface area is 112 Å². The zero-order valence-electron chi connectivity index (χ0n) is 9.41. The minimum atomic E-state index is -0.0623. The topological polar surface area (TPSA) is 41.1 Å². The number of anilines is 1. The molecule has 0 aliphatic carbocycles. The van der Waals surface area contributed by atoms with E-state index in [9.17, 15) is 4.79 Å². The smallest absolute Gasteiger partial charge is 0.241 e. The van der Waals surface area contributed by atoms with E-state index in [-0.39, 0.29) is 24.4 Å². The zero-order chi connectivity index (χ0) is 11.4. The Morgan fingerprint density at radius 1 is 1.41 bits per heavy atom. The summed E-state index contributed by atoms with van der Waals surface area (Å²) in [6.07, 6.45) is 3.17. The summed E-state index contributed by atoms with van der Waals surface area (Å²) in [5.74, 6) is 0.0296. The number of hydrogen-bond donors (Lipinski definition) is 2. The maximum Gasteiger partial charge on any atom is 0.241 e. The lowest BCUT2D eigenvalue weighted by Crippen LogP contribution is -2.43. The third kappa shape index (κ3) is 4.19. The van der Waals surface area contributed by atoms with Crippen LogP contribution >= 0.6 is 24.0 Å². The first-order valence-electron chi connectivity index (χ1n) is 5.55. The SMILES string of the molecule is Cl.O=C(Nc1cccc(Cl)c1)[C@@H]1CCCCN1. The highest BCUT2D eigenvalue weighted by atomic mass is 35.5. The van der Waals surface area contributed by atoms with E-state index in [2.05, 4.69) is 10.6 Å². The van der Waals surface area contributed by atoms with Crippen molar-refractivity contribution in [1.29, 1.82) is 0 Å². The van der Waals surface area contributed by atoms with Crippen molar-refractivity contribution < 1.29 is 4.79 Å². The first kappa shape index (κ1) is 14.3. The van der Waals surface area contributed by atoms with Crippen LogP contribution in [0.4, 0.5) is 5.69 Å². The third-order valence-electron chi connectivity index (χ3n) is 2.72. The fourth-order valence-corrected chi connectivity index (χ4v) is 2.06. The Bertz CT molecular complexity index is 379. The van der Waals surface area contributed by atoms with Crippen LogP contribution < -0.4 is 10.6 Å². The molecule has 1 aromatic rings. The zero-order valence-corrected chi connectivity index (χ0v) is 11.0. The molecule has 1 aliphatic heterocycles. The Morgan fingerprint density at radius 3 is 2.88 bits per heavy atom. The van der Waals surface area contributed by atoms with Gasteiger partial charge >= 0.3 is 0 Å². The second-order valence-corrected chi connectivity index (χ2v) is 4.44. The second-order valence-electron chi connectivity index (χ2n) is 4.00. The molecule has 5 heteroatoms. The van der Waals surface area contributed by atoms with Gasteiger partial charge in [0.05, 0.1) is 6.04 Å². The molecule has 1 aromatic carbocycles. The lowest BCUT2D eigenvalue weighted by atomic mass is 10.0. The molecule has 1 amide bonds. The Morgan fingerprint density at radius 2 is 2.24 bits per heavy atom. The van der Waals surface area contributed by atoms with Gasteiger partial charge in [-0.1, -0.05) is 24.1 Å². The largest absolute Gasteiger partial charge is 0.325 e. The third-order valence-corrected chi connectivity index (χ3v) is 2.95. The maximum absolute atomic E-state index is 11.9. The van der Waals surface area contributed by atoms with Gasteiger partial charge in [-0.15, -0.1) is 12.4 Å². The minimum Gasteiger partial charge on any atom is -0.325 e. The van der Waals surface area contributed by atoms with Gasteiger partial charge in [0.25, 0.3) is 0 Å². The number of amides is 1. The van der Waals surface area contributed by atoms with Gasteiger partial charge in [0.15, 0.2) is 0 Å². The van der Waals surface area contributed by atoms with E-state index in [4.69, 9.17) is 11.6 Å². The Hall–Kier alpha value is -0.770. The van der Waals surface area contributed by atoms with Gasteiger partial charge in [-0.2, -0.15) is 0 Å². The highest BCUT2D eigenvalue weighted by Gasteiger charge is 2.20. The molecule has 0 aromatic heterocycles. The molecule has 0 radical (unpaired) electrons. The molecule has 0 unspecified atom stereocenters. The maximum atomic E-state index is 11.9. The summed E-state index contributed by atoms with van der Waals surface area (Å²) < 4.78 is 0. The lowest BCUT2D eigenvalue weighted by molar-refractivity contribution is -0.118. The summed E-state index contributed by atoms with van der Waals surface area (Å²) in [7, 11) is 0. The molecular formula is C12H16Cl2N2O. The first-order valence-corrected chi connectivity index (χ1v) is 5.93. The van der Waals surface area contributed by atoms with Crippen LogP contribution in [0.15, 0.2) is 24.3 Å². The predicted octanol–water partition coefficient (Wildman–Crippen LogP) is 2.84. The molecular weight excluding hydrogens is 259 g/mol. The van der Waals surface area contributed by atoms with Gasteiger partial charge < -0.3 is 10.6 Å². The number of rotatable bonds is 2. The van der Waals surface area contributed by atoms with Crippen LogP contribution in [0.3, 0.4) is 0 Å². The highest BCUT2D eigenvalue weighted by molar-refractivity contribution is 6.30. The van der Waals surface area contributed by atoms with Crippen molar-refractivity contribution in [1.82, 2.24) is 5.32 Å². The first-order chi connectivity index (χ1) is 7.75. The van der Waals surface area contributed by atoms with Crippen molar-refractivity contribution in [3.63, 3.8) is 0 Å². The standard InChI is InChI=1S/C12H15ClN2O.ClH/c13-9-4-3-5-10(8-9)15-12(16)11-6-1-2-7-14-11;/h3-5,8,11,14H,1-2,6-7H2,(H,15,16);1H/t11-;/m0./s1. The fourth-order valence-electron chi connectivity index (χ4n) is 1.87. The van der Waals surface area contributed by atoms with E-state index in [0.29, 0.717) is 5.02 Å². The lowest BCUT2D eigenvalue weighted by Gasteiger charge is -2.22. The number of benzene rings is 1. The monoisotopic (exact) mass is 274 g/mol. The number of halogens is 2. The van der Waals surface area contributed by atoms with Crippen LogP contribution in [0.2, 0.25) is 5.02 Å². The summed E-state index contributed by atoms with van der Waals surface area (Å²) in [5.41, 5.74) is 0.755. The number of hydrogen-bond acceptors (Lipinski definition) is 2. The quantitative estimate of drug-likeness (QED) is 0.871. The molecule has 3 nitrogen and oxygen atoms in total. The van der Waals surface area contributed by atoms with E-state index in [0.717, 1.165) is 31.5 Å². The van der Waals surface area contributed by atoms with Gasteiger partial charge in [0.1, 0.15) is 0 Å². The molecule has 1 saturated heterocycles. The van der Waals surface area contributed by atoms with Crippen LogP contribution in [0.25, 0.3) is 0 Å². The Kier molecular flexibility index (Phi) is 5.75. The highest BCUT2D eigenvalue weighted by Crippen LogP contribution is 2.16. The van der Waals surface area contributed by atoms with Crippen LogP contribution in [0.1, 0.15) is 19.3 Å². The van der Waals surface area contributed by atoms with E-state index >= 15 is 0 Å². The van der Waals surface area contributed by atoms with E-state index in [1.165, 1.54) is 0 Å². The average Bonchev–Trinajstić information content (AvgIpc) is 2.30. The van der Waals surface area contributed by atoms with Crippen molar-refractivity contribution in [2.75, 3.05) is 11.9 Å². The van der Waals surface area contributed by atoms with Gasteiger partial charge in [-0.05, 0) is 37.6 Å². The number of carbonyl (C=O) groups is 1. The van der Waals surface area contributed by atoms with Gasteiger partial charge in [-0.25, -0.2) is 0 Å². The summed E-state index contributed by atoms with van der Waals surface area (Å²) in [4.78, 5) is 11.9. The molecule has 1 fully saturated rings. The van der Waals surface area contributed by atoms with Gasteiger partial charge in [0, 0.05) is 10.7 Å². The molecule has 2 N–H and O–H groups in total. The molecule has 2 rings (SSSR count). The predicted molar refractivity (Wildman–Crippen MR) is 73.0 cm³/mol. The van der Waals surface area contributed by atoms with Crippen molar-refractivity contribution >= 4 is 35.6 Å². The summed E-state index contributed by atoms with van der Waals surface area (Å²) in [5, 5.41) is 6.71. The average molecular weight is 275 g/mol. The Balaban J connectivity index is 0.00000144. The molecule has 94 valence electrons. The van der Waals surface area contributed by atoms with Crippen LogP contribution in [0, 0.1) is 0 Å². The molecule has 1 atom stereocenters. The van der Waals surface area contributed by atoms with Crippen molar-refractivity contribution in [2.45, 2.75) is 25.3 Å². The molecule has 1 aliphatic rings. The van der Waals surface area contributed by atoms with Crippen LogP contribution in [0.5, 0.6) is 0 Å². The summed E-state index contributed by atoms with van der Waals surface area (Å²) in [6, 6.07) is 7.14. The summed E-state index contributed by atoms with van der Waals surface area (Å²) in [6.45, 7) is 0.924. The van der Waals surface area contributed by atoms with E-state index in [1.807, 2.05) is 12.1 Å².